The van der Waals surface area contributed by atoms with Gasteiger partial charge in [-0.05, 0) is 19.3 Å². The first-order valence-electron chi connectivity index (χ1n) is 5.03. The van der Waals surface area contributed by atoms with Gasteiger partial charge in [-0.1, -0.05) is 20.8 Å². The van der Waals surface area contributed by atoms with Gasteiger partial charge in [-0.15, -0.1) is 0 Å². The third-order valence-electron chi connectivity index (χ3n) is 3.21. The van der Waals surface area contributed by atoms with Gasteiger partial charge in [0, 0.05) is 11.5 Å². The largest absolute Gasteiger partial charge is 0.441 e. The topological polar surface area (TPSA) is 78.3 Å². The predicted octanol–water partition coefficient (Wildman–Crippen LogP) is 1.38. The van der Waals surface area contributed by atoms with Gasteiger partial charge in [0.05, 0.1) is 0 Å². The van der Waals surface area contributed by atoms with Crippen LogP contribution in [0.25, 0.3) is 0 Å². The van der Waals surface area contributed by atoms with Crippen LogP contribution in [-0.2, 0) is 4.74 Å². The molecule has 1 fully saturated rings. The summed E-state index contributed by atoms with van der Waals surface area (Å²) in [6, 6.07) is -0.102. The molecule has 4 nitrogen and oxygen atoms in total. The maximum atomic E-state index is 10.9. The Morgan fingerprint density at radius 1 is 1.50 bits per heavy atom. The molecular formula is C10H20N2O2. The third-order valence-corrected chi connectivity index (χ3v) is 3.21. The molecule has 0 heterocycles. The number of hydrogen-bond donors (Lipinski definition) is 2. The van der Waals surface area contributed by atoms with E-state index in [2.05, 4.69) is 0 Å². The van der Waals surface area contributed by atoms with Gasteiger partial charge in [-0.3, -0.25) is 0 Å². The number of nitrogens with two attached hydrogens (primary N) is 2. The van der Waals surface area contributed by atoms with E-state index in [1.54, 1.807) is 0 Å². The number of amides is 1. The molecule has 1 aliphatic carbocycles. The molecule has 0 aromatic carbocycles. The molecule has 0 aromatic rings. The van der Waals surface area contributed by atoms with Crippen molar-refractivity contribution >= 4 is 6.09 Å². The SMILES string of the molecule is CC(C)(C)C1(OC(N)=O)CCCC1N. The second kappa shape index (κ2) is 3.42. The average Bonchev–Trinajstić information content (AvgIpc) is 2.30. The fraction of sp³-hybridized carbons (Fsp3) is 0.900. The van der Waals surface area contributed by atoms with Gasteiger partial charge in [-0.2, -0.15) is 0 Å². The number of carbonyl (C=O) groups is 1. The maximum Gasteiger partial charge on any atom is 0.405 e. The fourth-order valence-electron chi connectivity index (χ4n) is 2.39. The molecule has 2 atom stereocenters. The molecule has 0 aromatic heterocycles. The van der Waals surface area contributed by atoms with Crippen molar-refractivity contribution in [2.75, 3.05) is 0 Å². The number of primary amides is 1. The fourth-order valence-corrected chi connectivity index (χ4v) is 2.39. The molecule has 0 saturated heterocycles. The Hall–Kier alpha value is -0.770. The van der Waals surface area contributed by atoms with Gasteiger partial charge in [0.25, 0.3) is 0 Å². The van der Waals surface area contributed by atoms with Crippen molar-refractivity contribution < 1.29 is 9.53 Å². The first-order valence-corrected chi connectivity index (χ1v) is 5.03. The van der Waals surface area contributed by atoms with Crippen LogP contribution in [0, 0.1) is 5.41 Å². The van der Waals surface area contributed by atoms with Crippen LogP contribution >= 0.6 is 0 Å². The molecule has 1 aliphatic rings. The molecule has 14 heavy (non-hydrogen) atoms. The normalized spacial score (nSPS) is 33.0. The van der Waals surface area contributed by atoms with Crippen molar-refractivity contribution in [2.24, 2.45) is 16.9 Å². The lowest BCUT2D eigenvalue weighted by atomic mass is 9.73. The van der Waals surface area contributed by atoms with Gasteiger partial charge >= 0.3 is 6.09 Å². The Morgan fingerprint density at radius 3 is 2.36 bits per heavy atom. The van der Waals surface area contributed by atoms with Crippen molar-refractivity contribution in [3.63, 3.8) is 0 Å². The first-order chi connectivity index (χ1) is 6.29. The van der Waals surface area contributed by atoms with Gasteiger partial charge in [0.1, 0.15) is 5.60 Å². The second-order valence-corrected chi connectivity index (χ2v) is 5.06. The summed E-state index contributed by atoms with van der Waals surface area (Å²) in [6.45, 7) is 6.09. The lowest BCUT2D eigenvalue weighted by Crippen LogP contribution is -2.56. The zero-order valence-corrected chi connectivity index (χ0v) is 9.17. The Labute approximate surface area is 85.0 Å². The average molecular weight is 200 g/mol. The van der Waals surface area contributed by atoms with Crippen molar-refractivity contribution in [2.45, 2.75) is 51.7 Å². The van der Waals surface area contributed by atoms with E-state index >= 15 is 0 Å². The summed E-state index contributed by atoms with van der Waals surface area (Å²) in [7, 11) is 0. The Morgan fingerprint density at radius 2 is 2.07 bits per heavy atom. The van der Waals surface area contributed by atoms with Gasteiger partial charge < -0.3 is 16.2 Å². The number of rotatable bonds is 1. The van der Waals surface area contributed by atoms with E-state index in [1.165, 1.54) is 0 Å². The van der Waals surface area contributed by atoms with Crippen molar-refractivity contribution in [1.82, 2.24) is 0 Å². The van der Waals surface area contributed by atoms with Crippen LogP contribution in [-0.4, -0.2) is 17.7 Å². The van der Waals surface area contributed by atoms with Crippen LogP contribution in [0.2, 0.25) is 0 Å². The minimum atomic E-state index is -0.725. The molecular weight excluding hydrogens is 180 g/mol. The van der Waals surface area contributed by atoms with Gasteiger partial charge in [-0.25, -0.2) is 4.79 Å². The zero-order valence-electron chi connectivity index (χ0n) is 9.17. The monoisotopic (exact) mass is 200 g/mol. The Kier molecular flexibility index (Phi) is 2.76. The van der Waals surface area contributed by atoms with Crippen LogP contribution in [0.15, 0.2) is 0 Å². The molecule has 2 unspecified atom stereocenters. The number of ether oxygens (including phenoxy) is 1. The van der Waals surface area contributed by atoms with Crippen molar-refractivity contribution in [3.8, 4) is 0 Å². The van der Waals surface area contributed by atoms with E-state index in [4.69, 9.17) is 16.2 Å². The highest BCUT2D eigenvalue weighted by atomic mass is 16.6. The van der Waals surface area contributed by atoms with Crippen LogP contribution in [0.5, 0.6) is 0 Å². The molecule has 1 saturated carbocycles. The first kappa shape index (κ1) is 11.3. The molecule has 1 rings (SSSR count). The third kappa shape index (κ3) is 1.71. The minimum absolute atomic E-state index is 0.102. The van der Waals surface area contributed by atoms with E-state index in [9.17, 15) is 4.79 Å². The maximum absolute atomic E-state index is 10.9. The molecule has 4 N–H and O–H groups in total. The summed E-state index contributed by atoms with van der Waals surface area (Å²) in [4.78, 5) is 10.9. The minimum Gasteiger partial charge on any atom is -0.441 e. The molecule has 0 radical (unpaired) electrons. The highest BCUT2D eigenvalue weighted by Crippen LogP contribution is 2.45. The zero-order chi connectivity index (χ0) is 11.0. The van der Waals surface area contributed by atoms with Crippen LogP contribution < -0.4 is 11.5 Å². The molecule has 0 bridgehead atoms. The van der Waals surface area contributed by atoms with Crippen LogP contribution in [0.3, 0.4) is 0 Å². The van der Waals surface area contributed by atoms with Crippen molar-refractivity contribution in [1.29, 1.82) is 0 Å². The highest BCUT2D eigenvalue weighted by Gasteiger charge is 2.52. The smallest absolute Gasteiger partial charge is 0.405 e. The van der Waals surface area contributed by atoms with Gasteiger partial charge in [0.15, 0.2) is 0 Å². The Balaban J connectivity index is 2.96. The standard InChI is InChI=1S/C10H20N2O2/c1-9(2,3)10(14-8(12)13)6-4-5-7(10)11/h7H,4-6,11H2,1-3H3,(H2,12,13). The Bertz CT molecular complexity index is 235. The van der Waals surface area contributed by atoms with E-state index in [1.807, 2.05) is 20.8 Å². The summed E-state index contributed by atoms with van der Waals surface area (Å²) >= 11 is 0. The molecule has 1 amide bonds. The summed E-state index contributed by atoms with van der Waals surface area (Å²) in [6.07, 6.45) is 1.97. The summed E-state index contributed by atoms with van der Waals surface area (Å²) in [5.41, 5.74) is 10.4. The lowest BCUT2D eigenvalue weighted by molar-refractivity contribution is -0.0701. The van der Waals surface area contributed by atoms with E-state index in [-0.39, 0.29) is 11.5 Å². The lowest BCUT2D eigenvalue weighted by Gasteiger charge is -2.43. The number of hydrogen-bond acceptors (Lipinski definition) is 3. The van der Waals surface area contributed by atoms with E-state index in [0.29, 0.717) is 0 Å². The van der Waals surface area contributed by atoms with Crippen LogP contribution in [0.4, 0.5) is 4.79 Å². The molecule has 0 aliphatic heterocycles. The summed E-state index contributed by atoms with van der Waals surface area (Å²) < 4.78 is 5.29. The highest BCUT2D eigenvalue weighted by molar-refractivity contribution is 5.65. The van der Waals surface area contributed by atoms with E-state index < -0.39 is 11.7 Å². The molecule has 4 heteroatoms. The van der Waals surface area contributed by atoms with Crippen LogP contribution in [0.1, 0.15) is 40.0 Å². The summed E-state index contributed by atoms with van der Waals surface area (Å²) in [5, 5.41) is 0. The van der Waals surface area contributed by atoms with Crippen molar-refractivity contribution in [3.05, 3.63) is 0 Å². The molecule has 82 valence electrons. The predicted molar refractivity (Wildman–Crippen MR) is 54.7 cm³/mol. The molecule has 0 spiro atoms. The number of carbonyl (C=O) groups excluding carboxylic acids is 1. The second-order valence-electron chi connectivity index (χ2n) is 5.06. The quantitative estimate of drug-likeness (QED) is 0.671. The van der Waals surface area contributed by atoms with Gasteiger partial charge in [0.2, 0.25) is 0 Å². The van der Waals surface area contributed by atoms with E-state index in [0.717, 1.165) is 19.3 Å². The summed E-state index contributed by atoms with van der Waals surface area (Å²) in [5.74, 6) is 0.